The van der Waals surface area contributed by atoms with E-state index in [1.807, 2.05) is 31.2 Å². The minimum atomic E-state index is 0.586. The van der Waals surface area contributed by atoms with Gasteiger partial charge in [-0.3, -0.25) is 0 Å². The van der Waals surface area contributed by atoms with Gasteiger partial charge >= 0.3 is 0 Å². The molecule has 1 N–H and O–H groups in total. The third-order valence-electron chi connectivity index (χ3n) is 2.51. The van der Waals surface area contributed by atoms with E-state index >= 15 is 0 Å². The van der Waals surface area contributed by atoms with Crippen LogP contribution >= 0.6 is 11.8 Å². The van der Waals surface area contributed by atoms with Crippen LogP contribution in [0, 0.1) is 0 Å². The van der Waals surface area contributed by atoms with Crippen molar-refractivity contribution < 1.29 is 0 Å². The molecule has 0 aliphatic carbocycles. The van der Waals surface area contributed by atoms with E-state index in [2.05, 4.69) is 35.6 Å². The van der Waals surface area contributed by atoms with Crippen LogP contribution in [0.15, 0.2) is 17.6 Å². The van der Waals surface area contributed by atoms with Gasteiger partial charge in [0.05, 0.1) is 0 Å². The number of nitrogens with one attached hydrogen (secondary N) is 1. The van der Waals surface area contributed by atoms with E-state index in [0.29, 0.717) is 11.3 Å². The van der Waals surface area contributed by atoms with E-state index in [4.69, 9.17) is 0 Å². The van der Waals surface area contributed by atoms with Crippen LogP contribution in [0.25, 0.3) is 0 Å². The van der Waals surface area contributed by atoms with Gasteiger partial charge in [-0.1, -0.05) is 25.6 Å². The van der Waals surface area contributed by atoms with E-state index in [1.165, 1.54) is 12.8 Å². The second-order valence-corrected chi connectivity index (χ2v) is 5.75. The monoisotopic (exact) mass is 241 g/mol. The zero-order valence-corrected chi connectivity index (χ0v) is 11.5. The molecule has 0 aliphatic heterocycles. The van der Waals surface area contributed by atoms with Crippen molar-refractivity contribution in [2.75, 3.05) is 6.54 Å². The fraction of sp³-hybridized carbons (Fsp3) is 0.750. The highest BCUT2D eigenvalue weighted by atomic mass is 32.2. The Balaban J connectivity index is 2.30. The van der Waals surface area contributed by atoms with E-state index in [9.17, 15) is 0 Å². The Hall–Kier alpha value is -0.480. The average Bonchev–Trinajstić information content (AvgIpc) is 2.61. The average molecular weight is 241 g/mol. The van der Waals surface area contributed by atoms with Crippen LogP contribution in [0.2, 0.25) is 0 Å². The smallest absolute Gasteiger partial charge is 0.167 e. The Labute approximate surface area is 103 Å². The molecule has 4 heteroatoms. The Kier molecular flexibility index (Phi) is 5.91. The van der Waals surface area contributed by atoms with Crippen LogP contribution in [0.1, 0.15) is 33.6 Å². The van der Waals surface area contributed by atoms with Gasteiger partial charge in [0, 0.05) is 30.7 Å². The first-order valence-electron chi connectivity index (χ1n) is 6.00. The first kappa shape index (κ1) is 13.6. The maximum Gasteiger partial charge on any atom is 0.167 e. The van der Waals surface area contributed by atoms with Gasteiger partial charge in [0.15, 0.2) is 5.16 Å². The Morgan fingerprint density at radius 3 is 2.81 bits per heavy atom. The summed E-state index contributed by atoms with van der Waals surface area (Å²) >= 11 is 1.85. The Bertz CT molecular complexity index is 298. The largest absolute Gasteiger partial charge is 0.329 e. The van der Waals surface area contributed by atoms with Crippen molar-refractivity contribution in [2.24, 2.45) is 7.05 Å². The summed E-state index contributed by atoms with van der Waals surface area (Å²) in [6.45, 7) is 7.83. The Morgan fingerprint density at radius 1 is 1.50 bits per heavy atom. The third-order valence-corrected chi connectivity index (χ3v) is 3.71. The molecule has 0 fully saturated rings. The van der Waals surface area contributed by atoms with E-state index < -0.39 is 0 Å². The minimum Gasteiger partial charge on any atom is -0.329 e. The number of aryl methyl sites for hydroxylation is 1. The van der Waals surface area contributed by atoms with Crippen LogP contribution in [0.4, 0.5) is 0 Å². The lowest BCUT2D eigenvalue weighted by atomic mass is 10.2. The molecule has 0 spiro atoms. The topological polar surface area (TPSA) is 29.9 Å². The lowest BCUT2D eigenvalue weighted by molar-refractivity contribution is 0.512. The number of thioether (sulfide) groups is 1. The highest BCUT2D eigenvalue weighted by Crippen LogP contribution is 2.23. The first-order valence-corrected chi connectivity index (χ1v) is 6.88. The molecule has 0 amide bonds. The SMILES string of the molecule is CCCNC(C)CC(C)Sc1nccn1C. The molecular weight excluding hydrogens is 218 g/mol. The zero-order valence-electron chi connectivity index (χ0n) is 10.7. The molecule has 16 heavy (non-hydrogen) atoms. The molecule has 0 saturated heterocycles. The van der Waals surface area contributed by atoms with E-state index in [-0.39, 0.29) is 0 Å². The number of imidazole rings is 1. The summed E-state index contributed by atoms with van der Waals surface area (Å²) in [5.41, 5.74) is 0. The van der Waals surface area contributed by atoms with Crippen LogP contribution in [0.3, 0.4) is 0 Å². The van der Waals surface area contributed by atoms with Gasteiger partial charge < -0.3 is 9.88 Å². The molecule has 0 aromatic carbocycles. The molecular formula is C12H23N3S. The molecule has 3 nitrogen and oxygen atoms in total. The van der Waals surface area contributed by atoms with Crippen molar-refractivity contribution in [3.63, 3.8) is 0 Å². The number of aromatic nitrogens is 2. The molecule has 0 aliphatic rings. The molecule has 0 saturated carbocycles. The van der Waals surface area contributed by atoms with Gasteiger partial charge in [-0.2, -0.15) is 0 Å². The summed E-state index contributed by atoms with van der Waals surface area (Å²) in [7, 11) is 2.04. The summed E-state index contributed by atoms with van der Waals surface area (Å²) < 4.78 is 2.07. The zero-order chi connectivity index (χ0) is 12.0. The van der Waals surface area contributed by atoms with Crippen molar-refractivity contribution in [3.05, 3.63) is 12.4 Å². The maximum atomic E-state index is 4.33. The Morgan fingerprint density at radius 2 is 2.25 bits per heavy atom. The van der Waals surface area contributed by atoms with Crippen LogP contribution in [-0.4, -0.2) is 27.4 Å². The van der Waals surface area contributed by atoms with Gasteiger partial charge in [0.25, 0.3) is 0 Å². The number of rotatable bonds is 7. The highest BCUT2D eigenvalue weighted by molar-refractivity contribution is 7.99. The molecule has 0 radical (unpaired) electrons. The van der Waals surface area contributed by atoms with Crippen molar-refractivity contribution in [3.8, 4) is 0 Å². The summed E-state index contributed by atoms with van der Waals surface area (Å²) in [4.78, 5) is 4.33. The predicted molar refractivity (Wildman–Crippen MR) is 70.9 cm³/mol. The third kappa shape index (κ3) is 4.58. The molecule has 2 atom stereocenters. The van der Waals surface area contributed by atoms with Crippen LogP contribution in [-0.2, 0) is 7.05 Å². The predicted octanol–water partition coefficient (Wildman–Crippen LogP) is 2.68. The second-order valence-electron chi connectivity index (χ2n) is 4.34. The normalized spacial score (nSPS) is 15.0. The summed E-state index contributed by atoms with van der Waals surface area (Å²) in [6, 6.07) is 0.586. The number of nitrogens with zero attached hydrogens (tertiary/aromatic N) is 2. The summed E-state index contributed by atoms with van der Waals surface area (Å²) in [6.07, 6.45) is 6.23. The lowest BCUT2D eigenvalue weighted by Crippen LogP contribution is -2.29. The van der Waals surface area contributed by atoms with Gasteiger partial charge in [-0.05, 0) is 26.3 Å². The minimum absolute atomic E-state index is 0.586. The molecule has 0 bridgehead atoms. The summed E-state index contributed by atoms with van der Waals surface area (Å²) in [5.74, 6) is 0. The molecule has 1 aromatic rings. The van der Waals surface area contributed by atoms with E-state index in [1.54, 1.807) is 0 Å². The standard InChI is InChI=1S/C12H23N3S/c1-5-6-13-10(2)9-11(3)16-12-14-7-8-15(12)4/h7-8,10-11,13H,5-6,9H2,1-4H3. The van der Waals surface area contributed by atoms with Crippen molar-refractivity contribution in [1.29, 1.82) is 0 Å². The lowest BCUT2D eigenvalue weighted by Gasteiger charge is -2.17. The number of hydrogen-bond acceptors (Lipinski definition) is 3. The number of hydrogen-bond donors (Lipinski definition) is 1. The highest BCUT2D eigenvalue weighted by Gasteiger charge is 2.11. The van der Waals surface area contributed by atoms with Gasteiger partial charge in [0.2, 0.25) is 0 Å². The maximum absolute atomic E-state index is 4.33. The summed E-state index contributed by atoms with van der Waals surface area (Å²) in [5, 5.41) is 5.22. The van der Waals surface area contributed by atoms with E-state index in [0.717, 1.165) is 11.7 Å². The molecule has 1 rings (SSSR count). The molecule has 1 heterocycles. The van der Waals surface area contributed by atoms with Gasteiger partial charge in [-0.25, -0.2) is 4.98 Å². The first-order chi connectivity index (χ1) is 7.63. The molecule has 1 aromatic heterocycles. The van der Waals surface area contributed by atoms with Crippen LogP contribution in [0.5, 0.6) is 0 Å². The van der Waals surface area contributed by atoms with Crippen molar-refractivity contribution in [1.82, 2.24) is 14.9 Å². The second kappa shape index (κ2) is 6.97. The van der Waals surface area contributed by atoms with Gasteiger partial charge in [-0.15, -0.1) is 0 Å². The fourth-order valence-corrected chi connectivity index (χ4v) is 2.76. The van der Waals surface area contributed by atoms with Crippen molar-refractivity contribution in [2.45, 2.75) is 50.1 Å². The van der Waals surface area contributed by atoms with Crippen LogP contribution < -0.4 is 5.32 Å². The van der Waals surface area contributed by atoms with Crippen molar-refractivity contribution >= 4 is 11.8 Å². The molecule has 2 unspecified atom stereocenters. The molecule has 92 valence electrons. The fourth-order valence-electron chi connectivity index (χ4n) is 1.67. The quantitative estimate of drug-likeness (QED) is 0.744. The van der Waals surface area contributed by atoms with Gasteiger partial charge in [0.1, 0.15) is 0 Å².